The second-order valence-corrected chi connectivity index (χ2v) is 3.32. The van der Waals surface area contributed by atoms with Crippen LogP contribution in [0.15, 0.2) is 41.0 Å². The van der Waals surface area contributed by atoms with E-state index in [0.717, 1.165) is 6.21 Å². The molecule has 0 aromatic heterocycles. The number of nitrogens with zero attached hydrogens (tertiary/aromatic N) is 1. The Labute approximate surface area is 97.7 Å². The van der Waals surface area contributed by atoms with E-state index in [2.05, 4.69) is 4.99 Å². The molecule has 1 rings (SSSR count). The summed E-state index contributed by atoms with van der Waals surface area (Å²) in [5, 5.41) is 0. The zero-order valence-electron chi connectivity index (χ0n) is 9.33. The Morgan fingerprint density at radius 2 is 1.88 bits per heavy atom. The first kappa shape index (κ1) is 13.3. The van der Waals surface area contributed by atoms with Crippen LogP contribution < -0.4 is 5.73 Å². The second kappa shape index (κ2) is 5.52. The van der Waals surface area contributed by atoms with E-state index in [1.54, 1.807) is 37.3 Å². The van der Waals surface area contributed by atoms with Gasteiger partial charge in [0.1, 0.15) is 5.70 Å². The molecular formula is C12H13F3N2. The number of alkyl halides is 3. The quantitative estimate of drug-likeness (QED) is 0.813. The molecule has 0 saturated heterocycles. The molecule has 0 aliphatic heterocycles. The van der Waals surface area contributed by atoms with Crippen LogP contribution in [0.5, 0.6) is 0 Å². The van der Waals surface area contributed by atoms with Gasteiger partial charge in [-0.05, 0) is 12.5 Å². The van der Waals surface area contributed by atoms with Gasteiger partial charge in [-0.2, -0.15) is 13.2 Å². The van der Waals surface area contributed by atoms with Crippen LogP contribution in [0.3, 0.4) is 0 Å². The number of halogens is 3. The van der Waals surface area contributed by atoms with Gasteiger partial charge in [0.25, 0.3) is 0 Å². The van der Waals surface area contributed by atoms with Gasteiger partial charge < -0.3 is 5.73 Å². The summed E-state index contributed by atoms with van der Waals surface area (Å²) in [5.74, 6) is 0. The second-order valence-electron chi connectivity index (χ2n) is 3.32. The molecule has 2 N–H and O–H groups in total. The molecule has 0 amide bonds. The van der Waals surface area contributed by atoms with Crippen molar-refractivity contribution in [2.75, 3.05) is 6.54 Å². The lowest BCUT2D eigenvalue weighted by Gasteiger charge is -2.11. The number of nitrogens with two attached hydrogens (primary N) is 1. The van der Waals surface area contributed by atoms with Gasteiger partial charge in [0.2, 0.25) is 0 Å². The van der Waals surface area contributed by atoms with Crippen molar-refractivity contribution in [3.05, 3.63) is 41.6 Å². The molecule has 0 spiro atoms. The van der Waals surface area contributed by atoms with Crippen LogP contribution in [0.4, 0.5) is 13.2 Å². The number of hydrogen-bond acceptors (Lipinski definition) is 2. The first-order valence-corrected chi connectivity index (χ1v) is 5.09. The molecule has 1 aromatic carbocycles. The number of allylic oxidation sites excluding steroid dienone is 2. The van der Waals surface area contributed by atoms with Gasteiger partial charge in [0, 0.05) is 18.3 Å². The Bertz CT molecular complexity index is 419. The van der Waals surface area contributed by atoms with Gasteiger partial charge in [-0.25, -0.2) is 0 Å². The smallest absolute Gasteiger partial charge is 0.394 e. The average Bonchev–Trinajstić information content (AvgIpc) is 2.29. The minimum absolute atomic E-state index is 0.0973. The molecular weight excluding hydrogens is 229 g/mol. The van der Waals surface area contributed by atoms with Crippen LogP contribution in [0.2, 0.25) is 0 Å². The molecule has 5 heteroatoms. The fraction of sp³-hybridized carbons (Fsp3) is 0.250. The standard InChI is InChI=1S/C12H13F3N2/c1-2-17-8-10(11(16)12(13,14)15)9-6-4-3-5-7-9/h3-8H,2,16H2,1H3/b11-10+,17-8?. The average molecular weight is 242 g/mol. The Kier molecular flexibility index (Phi) is 4.31. The van der Waals surface area contributed by atoms with Crippen molar-refractivity contribution >= 4 is 11.8 Å². The van der Waals surface area contributed by atoms with Gasteiger partial charge in [-0.3, -0.25) is 4.99 Å². The molecule has 0 heterocycles. The zero-order valence-corrected chi connectivity index (χ0v) is 9.33. The van der Waals surface area contributed by atoms with Crippen LogP contribution >= 0.6 is 0 Å². The summed E-state index contributed by atoms with van der Waals surface area (Å²) in [6, 6.07) is 8.16. The third-order valence-electron chi connectivity index (χ3n) is 2.08. The Hall–Kier alpha value is -1.78. The molecule has 0 bridgehead atoms. The lowest BCUT2D eigenvalue weighted by atomic mass is 10.0. The Morgan fingerprint density at radius 1 is 1.29 bits per heavy atom. The van der Waals surface area contributed by atoms with E-state index in [1.165, 1.54) is 0 Å². The molecule has 0 unspecified atom stereocenters. The number of rotatable bonds is 3. The largest absolute Gasteiger partial charge is 0.431 e. The minimum Gasteiger partial charge on any atom is -0.394 e. The molecule has 92 valence electrons. The van der Waals surface area contributed by atoms with Crippen molar-refractivity contribution in [2.45, 2.75) is 13.1 Å². The molecule has 0 saturated carbocycles. The van der Waals surface area contributed by atoms with E-state index in [4.69, 9.17) is 5.73 Å². The van der Waals surface area contributed by atoms with Crippen molar-refractivity contribution in [2.24, 2.45) is 10.7 Å². The van der Waals surface area contributed by atoms with Gasteiger partial charge >= 0.3 is 6.18 Å². The summed E-state index contributed by atoms with van der Waals surface area (Å²) in [4.78, 5) is 3.82. The summed E-state index contributed by atoms with van der Waals surface area (Å²) >= 11 is 0. The Morgan fingerprint density at radius 3 is 2.35 bits per heavy atom. The number of aliphatic imine (C=N–C) groups is 1. The predicted molar refractivity (Wildman–Crippen MR) is 62.6 cm³/mol. The Balaban J connectivity index is 3.27. The highest BCUT2D eigenvalue weighted by Crippen LogP contribution is 2.27. The molecule has 0 atom stereocenters. The fourth-order valence-electron chi connectivity index (χ4n) is 1.25. The van der Waals surface area contributed by atoms with E-state index >= 15 is 0 Å². The maximum atomic E-state index is 12.6. The lowest BCUT2D eigenvalue weighted by molar-refractivity contribution is -0.0918. The third-order valence-corrected chi connectivity index (χ3v) is 2.08. The van der Waals surface area contributed by atoms with Crippen molar-refractivity contribution in [3.63, 3.8) is 0 Å². The van der Waals surface area contributed by atoms with Crippen LogP contribution in [0, 0.1) is 0 Å². The first-order chi connectivity index (χ1) is 7.96. The van der Waals surface area contributed by atoms with Crippen molar-refractivity contribution in [1.82, 2.24) is 0 Å². The van der Waals surface area contributed by atoms with Crippen molar-refractivity contribution in [3.8, 4) is 0 Å². The maximum absolute atomic E-state index is 12.6. The first-order valence-electron chi connectivity index (χ1n) is 5.09. The number of benzene rings is 1. The van der Waals surface area contributed by atoms with E-state index in [1.807, 2.05) is 0 Å². The molecule has 0 radical (unpaired) electrons. The summed E-state index contributed by atoms with van der Waals surface area (Å²) in [7, 11) is 0. The highest BCUT2D eigenvalue weighted by atomic mass is 19.4. The van der Waals surface area contributed by atoms with E-state index in [9.17, 15) is 13.2 Å². The number of hydrogen-bond donors (Lipinski definition) is 1. The third kappa shape index (κ3) is 3.62. The minimum atomic E-state index is -4.55. The van der Waals surface area contributed by atoms with E-state index in [-0.39, 0.29) is 5.57 Å². The molecule has 2 nitrogen and oxygen atoms in total. The highest BCUT2D eigenvalue weighted by molar-refractivity contribution is 6.11. The fourth-order valence-corrected chi connectivity index (χ4v) is 1.25. The summed E-state index contributed by atoms with van der Waals surface area (Å²) in [5.41, 5.74) is 4.31. The van der Waals surface area contributed by atoms with Gasteiger partial charge in [-0.1, -0.05) is 30.3 Å². The van der Waals surface area contributed by atoms with E-state index < -0.39 is 11.9 Å². The molecule has 17 heavy (non-hydrogen) atoms. The SMILES string of the molecule is CCN=C/C(=C(\N)C(F)(F)F)c1ccccc1. The van der Waals surface area contributed by atoms with Gasteiger partial charge in [-0.15, -0.1) is 0 Å². The lowest BCUT2D eigenvalue weighted by Crippen LogP contribution is -2.21. The van der Waals surface area contributed by atoms with Crippen LogP contribution in [0.25, 0.3) is 5.57 Å². The van der Waals surface area contributed by atoms with Crippen LogP contribution in [-0.2, 0) is 0 Å². The van der Waals surface area contributed by atoms with Crippen molar-refractivity contribution < 1.29 is 13.2 Å². The van der Waals surface area contributed by atoms with Gasteiger partial charge in [0.15, 0.2) is 0 Å². The molecule has 0 aliphatic rings. The normalized spacial score (nSPS) is 13.9. The monoisotopic (exact) mass is 242 g/mol. The molecule has 0 aliphatic carbocycles. The predicted octanol–water partition coefficient (Wildman–Crippen LogP) is 3.01. The summed E-state index contributed by atoms with van der Waals surface area (Å²) in [6.07, 6.45) is -3.39. The zero-order chi connectivity index (χ0) is 12.9. The maximum Gasteiger partial charge on any atom is 0.431 e. The topological polar surface area (TPSA) is 38.4 Å². The summed E-state index contributed by atoms with van der Waals surface area (Å²) in [6.45, 7) is 2.14. The molecule has 0 fully saturated rings. The van der Waals surface area contributed by atoms with E-state index in [0.29, 0.717) is 12.1 Å². The van der Waals surface area contributed by atoms with Gasteiger partial charge in [0.05, 0.1) is 0 Å². The highest BCUT2D eigenvalue weighted by Gasteiger charge is 2.34. The van der Waals surface area contributed by atoms with Crippen LogP contribution in [0.1, 0.15) is 12.5 Å². The summed E-state index contributed by atoms with van der Waals surface area (Å²) < 4.78 is 37.7. The van der Waals surface area contributed by atoms with Crippen molar-refractivity contribution in [1.29, 1.82) is 0 Å². The van der Waals surface area contributed by atoms with Crippen LogP contribution in [-0.4, -0.2) is 18.9 Å². The molecule has 1 aromatic rings.